The maximum Gasteiger partial charge on any atom is 0.0340 e. The van der Waals surface area contributed by atoms with Gasteiger partial charge in [0, 0.05) is 12.2 Å². The molecule has 0 saturated carbocycles. The number of para-hydroxylation sites is 1. The smallest absolute Gasteiger partial charge is 0.0340 e. The lowest BCUT2D eigenvalue weighted by Crippen LogP contribution is -2.01. The van der Waals surface area contributed by atoms with Crippen molar-refractivity contribution < 1.29 is 0 Å². The van der Waals surface area contributed by atoms with Gasteiger partial charge in [-0.15, -0.1) is 0 Å². The number of rotatable bonds is 4. The summed E-state index contributed by atoms with van der Waals surface area (Å²) in [5.41, 5.74) is 7.87. The zero-order chi connectivity index (χ0) is 13.1. The summed E-state index contributed by atoms with van der Waals surface area (Å²) in [7, 11) is 0. The van der Waals surface area contributed by atoms with Crippen molar-refractivity contribution in [3.63, 3.8) is 0 Å². The van der Waals surface area contributed by atoms with Gasteiger partial charge in [0.2, 0.25) is 0 Å². The molecular weight excluding hydrogens is 220 g/mol. The Morgan fingerprint density at radius 2 is 1.44 bits per heavy atom. The summed E-state index contributed by atoms with van der Waals surface area (Å²) in [5, 5.41) is 3.21. The highest BCUT2D eigenvalue weighted by molar-refractivity contribution is 5.41. The third-order valence-electron chi connectivity index (χ3n) is 2.43. The Morgan fingerprint density at radius 1 is 0.889 bits per heavy atom. The zero-order valence-electron chi connectivity index (χ0n) is 11.0. The summed E-state index contributed by atoms with van der Waals surface area (Å²) in [6, 6.07) is 20.4. The van der Waals surface area contributed by atoms with Gasteiger partial charge in [-0.3, -0.25) is 0 Å². The normalized spacial score (nSPS) is 9.22. The first-order chi connectivity index (χ1) is 8.86. The zero-order valence-corrected chi connectivity index (χ0v) is 11.0. The van der Waals surface area contributed by atoms with Gasteiger partial charge in [0.05, 0.1) is 0 Å². The maximum absolute atomic E-state index is 5.36. The average molecular weight is 242 g/mol. The first-order valence-electron chi connectivity index (χ1n) is 6.39. The predicted molar refractivity (Wildman–Crippen MR) is 79.8 cm³/mol. The minimum atomic E-state index is 0.740. The van der Waals surface area contributed by atoms with Gasteiger partial charge in [0.15, 0.2) is 0 Å². The first-order valence-corrected chi connectivity index (χ1v) is 6.39. The Morgan fingerprint density at radius 3 is 1.94 bits per heavy atom. The molecule has 0 aliphatic heterocycles. The van der Waals surface area contributed by atoms with Gasteiger partial charge in [-0.25, -0.2) is 0 Å². The van der Waals surface area contributed by atoms with Crippen molar-refractivity contribution in [2.75, 3.05) is 18.4 Å². The fourth-order valence-electron chi connectivity index (χ4n) is 1.57. The molecule has 18 heavy (non-hydrogen) atoms. The van der Waals surface area contributed by atoms with Crippen molar-refractivity contribution in [2.24, 2.45) is 5.73 Å². The fraction of sp³-hybridized carbons (Fsp3) is 0.250. The van der Waals surface area contributed by atoms with Crippen LogP contribution in [0.3, 0.4) is 0 Å². The minimum absolute atomic E-state index is 0.740. The van der Waals surface area contributed by atoms with Crippen LogP contribution in [0.25, 0.3) is 0 Å². The number of hydrogen-bond acceptors (Lipinski definition) is 2. The minimum Gasteiger partial charge on any atom is -0.385 e. The van der Waals surface area contributed by atoms with E-state index in [0.717, 1.165) is 19.5 Å². The molecule has 0 saturated heterocycles. The molecule has 0 heterocycles. The second-order valence-electron chi connectivity index (χ2n) is 3.92. The molecule has 0 spiro atoms. The molecule has 96 valence electrons. The van der Waals surface area contributed by atoms with Gasteiger partial charge in [0.1, 0.15) is 0 Å². The molecule has 2 heteroatoms. The van der Waals surface area contributed by atoms with E-state index in [0.29, 0.717) is 0 Å². The summed E-state index contributed by atoms with van der Waals surface area (Å²) >= 11 is 0. The second kappa shape index (κ2) is 9.25. The van der Waals surface area contributed by atoms with E-state index in [9.17, 15) is 0 Å². The standard InChI is InChI=1S/2C8H11N/c1-2-9-8-6-4-3-5-7-8;9-7-6-8-4-2-1-3-5-8/h3-7,9H,2H2,1H3;1-5H,6-7,9H2. The van der Waals surface area contributed by atoms with E-state index in [2.05, 4.69) is 36.5 Å². The van der Waals surface area contributed by atoms with Crippen LogP contribution in [0.15, 0.2) is 60.7 Å². The van der Waals surface area contributed by atoms with Crippen LogP contribution in [0.4, 0.5) is 5.69 Å². The van der Waals surface area contributed by atoms with Crippen molar-refractivity contribution >= 4 is 5.69 Å². The molecule has 0 aromatic heterocycles. The highest BCUT2D eigenvalue weighted by Gasteiger charge is 1.84. The highest BCUT2D eigenvalue weighted by atomic mass is 14.8. The molecule has 0 aliphatic carbocycles. The van der Waals surface area contributed by atoms with Crippen molar-refractivity contribution in [2.45, 2.75) is 13.3 Å². The van der Waals surface area contributed by atoms with E-state index in [1.807, 2.05) is 36.4 Å². The van der Waals surface area contributed by atoms with Crippen LogP contribution in [0.1, 0.15) is 12.5 Å². The largest absolute Gasteiger partial charge is 0.385 e. The molecule has 2 nitrogen and oxygen atoms in total. The van der Waals surface area contributed by atoms with Gasteiger partial charge in [-0.05, 0) is 37.6 Å². The van der Waals surface area contributed by atoms with E-state index in [1.54, 1.807) is 0 Å². The Kier molecular flexibility index (Phi) is 7.33. The summed E-state index contributed by atoms with van der Waals surface area (Å²) in [6.07, 6.45) is 0.987. The molecule has 0 fully saturated rings. The Labute approximate surface area is 110 Å². The summed E-state index contributed by atoms with van der Waals surface area (Å²) in [6.45, 7) is 3.82. The van der Waals surface area contributed by atoms with Crippen LogP contribution in [0, 0.1) is 0 Å². The summed E-state index contributed by atoms with van der Waals surface area (Å²) in [5.74, 6) is 0. The van der Waals surface area contributed by atoms with E-state index < -0.39 is 0 Å². The number of nitrogens with two attached hydrogens (primary N) is 1. The van der Waals surface area contributed by atoms with Crippen LogP contribution in [0.5, 0.6) is 0 Å². The summed E-state index contributed by atoms with van der Waals surface area (Å²) in [4.78, 5) is 0. The number of nitrogens with one attached hydrogen (secondary N) is 1. The molecule has 0 radical (unpaired) electrons. The molecule has 0 bridgehead atoms. The van der Waals surface area contributed by atoms with Gasteiger partial charge in [-0.2, -0.15) is 0 Å². The van der Waals surface area contributed by atoms with Crippen LogP contribution in [0.2, 0.25) is 0 Å². The number of anilines is 1. The highest BCUT2D eigenvalue weighted by Crippen LogP contribution is 2.02. The molecule has 2 aromatic carbocycles. The SMILES string of the molecule is CCNc1ccccc1.NCCc1ccccc1. The lowest BCUT2D eigenvalue weighted by atomic mass is 10.2. The maximum atomic E-state index is 5.36. The van der Waals surface area contributed by atoms with Gasteiger partial charge >= 0.3 is 0 Å². The number of benzene rings is 2. The predicted octanol–water partition coefficient (Wildman–Crippen LogP) is 3.31. The Bertz CT molecular complexity index is 356. The molecule has 0 amide bonds. The summed E-state index contributed by atoms with van der Waals surface area (Å²) < 4.78 is 0. The Hall–Kier alpha value is -1.80. The number of hydrogen-bond donors (Lipinski definition) is 2. The van der Waals surface area contributed by atoms with Crippen LogP contribution in [-0.2, 0) is 6.42 Å². The molecule has 0 unspecified atom stereocenters. The van der Waals surface area contributed by atoms with Crippen LogP contribution in [-0.4, -0.2) is 13.1 Å². The molecule has 3 N–H and O–H groups in total. The average Bonchev–Trinajstić information content (AvgIpc) is 2.43. The molecule has 2 rings (SSSR count). The van der Waals surface area contributed by atoms with Crippen molar-refractivity contribution in [3.8, 4) is 0 Å². The van der Waals surface area contributed by atoms with Gasteiger partial charge in [0.25, 0.3) is 0 Å². The fourth-order valence-corrected chi connectivity index (χ4v) is 1.57. The van der Waals surface area contributed by atoms with Gasteiger partial charge < -0.3 is 11.1 Å². The molecule has 0 atom stereocenters. The lowest BCUT2D eigenvalue weighted by Gasteiger charge is -1.99. The molecular formula is C16H22N2. The van der Waals surface area contributed by atoms with Gasteiger partial charge in [-0.1, -0.05) is 48.5 Å². The molecule has 0 aliphatic rings. The third-order valence-corrected chi connectivity index (χ3v) is 2.43. The van der Waals surface area contributed by atoms with Crippen molar-refractivity contribution in [1.82, 2.24) is 0 Å². The van der Waals surface area contributed by atoms with E-state index >= 15 is 0 Å². The molecule has 2 aromatic rings. The second-order valence-corrected chi connectivity index (χ2v) is 3.92. The van der Waals surface area contributed by atoms with Crippen molar-refractivity contribution in [1.29, 1.82) is 0 Å². The first kappa shape index (κ1) is 14.3. The quantitative estimate of drug-likeness (QED) is 0.863. The van der Waals surface area contributed by atoms with E-state index in [4.69, 9.17) is 5.73 Å². The third kappa shape index (κ3) is 6.06. The Balaban J connectivity index is 0.000000180. The van der Waals surface area contributed by atoms with Crippen LogP contribution >= 0.6 is 0 Å². The topological polar surface area (TPSA) is 38.0 Å². The van der Waals surface area contributed by atoms with Crippen molar-refractivity contribution in [3.05, 3.63) is 66.2 Å². The van der Waals surface area contributed by atoms with E-state index in [1.165, 1.54) is 11.3 Å². The van der Waals surface area contributed by atoms with E-state index in [-0.39, 0.29) is 0 Å². The van der Waals surface area contributed by atoms with Crippen LogP contribution < -0.4 is 11.1 Å². The monoisotopic (exact) mass is 242 g/mol. The lowest BCUT2D eigenvalue weighted by molar-refractivity contribution is 0.969.